The molecule has 3 unspecified atom stereocenters. The van der Waals surface area contributed by atoms with Crippen LogP contribution in [0.3, 0.4) is 0 Å². The van der Waals surface area contributed by atoms with E-state index in [1.807, 2.05) is 24.3 Å². The molecule has 2 aliphatic rings. The topological polar surface area (TPSA) is 44.8 Å². The number of benzene rings is 3. The zero-order valence-electron chi connectivity index (χ0n) is 37.1. The van der Waals surface area contributed by atoms with E-state index >= 15 is 0 Å². The van der Waals surface area contributed by atoms with Gasteiger partial charge in [0.15, 0.2) is 23.1 Å². The maximum atomic E-state index is 14.9. The van der Waals surface area contributed by atoms with Crippen LogP contribution in [0.15, 0.2) is 66.7 Å². The first-order chi connectivity index (χ1) is 29.9. The van der Waals surface area contributed by atoms with Gasteiger partial charge in [-0.25, -0.2) is 8.78 Å². The van der Waals surface area contributed by atoms with Gasteiger partial charge in [0.05, 0.1) is 25.7 Å². The van der Waals surface area contributed by atoms with Gasteiger partial charge in [0.25, 0.3) is 0 Å². The third kappa shape index (κ3) is 17.0. The predicted octanol–water partition coefficient (Wildman–Crippen LogP) is 14.3. The molecule has 0 N–H and O–H groups in total. The van der Waals surface area contributed by atoms with E-state index in [-0.39, 0.29) is 23.4 Å². The molecule has 1 fully saturated rings. The normalized spacial score (nSPS) is 16.2. The molecule has 0 radical (unpaired) electrons. The van der Waals surface area contributed by atoms with E-state index < -0.39 is 11.6 Å². The largest absolute Gasteiger partial charge is 0.491 e. The van der Waals surface area contributed by atoms with Crippen molar-refractivity contribution in [1.82, 2.24) is 0 Å². The zero-order valence-corrected chi connectivity index (χ0v) is 37.1. The third-order valence-electron chi connectivity index (χ3n) is 12.1. The molecule has 2 aliphatic carbocycles. The SMILES string of the molecule is CCCCCCCOc1ccc(C#Cc2ccc(C#Cc3ccc(OCCCCCCC)c(F)c3)c(CCCCCCCCCCCOC(=O)C3CC4C=CC3C4)c2)cc1F. The molecule has 1 saturated carbocycles. The van der Waals surface area contributed by atoms with Crippen molar-refractivity contribution in [3.8, 4) is 35.2 Å². The summed E-state index contributed by atoms with van der Waals surface area (Å²) in [7, 11) is 0. The maximum absolute atomic E-state index is 14.9. The first-order valence-electron chi connectivity index (χ1n) is 23.8. The number of fused-ring (bicyclic) bond motifs is 2. The average Bonchev–Trinajstić information content (AvgIpc) is 3.91. The molecule has 0 saturated heterocycles. The van der Waals surface area contributed by atoms with Crippen LogP contribution in [-0.4, -0.2) is 25.8 Å². The number of allylic oxidation sites excluding steroid dienone is 2. The summed E-state index contributed by atoms with van der Waals surface area (Å²) in [4.78, 5) is 12.4. The second-order valence-electron chi connectivity index (χ2n) is 17.2. The predicted molar refractivity (Wildman–Crippen MR) is 245 cm³/mol. The second-order valence-corrected chi connectivity index (χ2v) is 17.2. The molecule has 6 heteroatoms. The average molecular weight is 833 g/mol. The summed E-state index contributed by atoms with van der Waals surface area (Å²) in [6.45, 7) is 5.95. The molecule has 0 amide bonds. The lowest BCUT2D eigenvalue weighted by Crippen LogP contribution is -2.21. The number of carbonyl (C=O) groups excluding carboxylic acids is 1. The molecule has 3 aromatic rings. The van der Waals surface area contributed by atoms with Crippen LogP contribution in [0.4, 0.5) is 8.78 Å². The summed E-state index contributed by atoms with van der Waals surface area (Å²) in [6.07, 6.45) is 28.8. The molecule has 0 aromatic heterocycles. The highest BCUT2D eigenvalue weighted by molar-refractivity contribution is 5.74. The van der Waals surface area contributed by atoms with E-state index in [4.69, 9.17) is 14.2 Å². The Morgan fingerprint density at radius 2 is 1.05 bits per heavy atom. The van der Waals surface area contributed by atoms with Crippen molar-refractivity contribution in [3.05, 3.63) is 106 Å². The Labute approximate surface area is 366 Å². The summed E-state index contributed by atoms with van der Waals surface area (Å²) in [5.41, 5.74) is 4.04. The van der Waals surface area contributed by atoms with Crippen molar-refractivity contribution in [1.29, 1.82) is 0 Å². The Hall–Kier alpha value is -4.55. The van der Waals surface area contributed by atoms with Crippen LogP contribution in [0.1, 0.15) is 177 Å². The van der Waals surface area contributed by atoms with Crippen LogP contribution in [-0.2, 0) is 16.0 Å². The van der Waals surface area contributed by atoms with Crippen molar-refractivity contribution in [2.75, 3.05) is 19.8 Å². The smallest absolute Gasteiger partial charge is 0.309 e. The minimum Gasteiger partial charge on any atom is -0.491 e. The molecule has 328 valence electrons. The van der Waals surface area contributed by atoms with Crippen molar-refractivity contribution in [2.45, 2.75) is 155 Å². The fourth-order valence-corrected chi connectivity index (χ4v) is 8.44. The summed E-state index contributed by atoms with van der Waals surface area (Å²) < 4.78 is 46.8. The van der Waals surface area contributed by atoms with Crippen LogP contribution in [0, 0.1) is 53.1 Å². The Balaban J connectivity index is 1.10. The van der Waals surface area contributed by atoms with Gasteiger partial charge in [-0.1, -0.05) is 146 Å². The lowest BCUT2D eigenvalue weighted by atomic mass is 9.94. The Bertz CT molecular complexity index is 1940. The number of unbranched alkanes of at least 4 members (excludes halogenated alkanes) is 16. The summed E-state index contributed by atoms with van der Waals surface area (Å²) >= 11 is 0. The van der Waals surface area contributed by atoms with E-state index in [2.05, 4.69) is 55.7 Å². The quantitative estimate of drug-likeness (QED) is 0.0332. The Kier molecular flexibility index (Phi) is 21.3. The molecule has 0 spiro atoms. The summed E-state index contributed by atoms with van der Waals surface area (Å²) in [6, 6.07) is 15.9. The van der Waals surface area contributed by atoms with Gasteiger partial charge in [0, 0.05) is 22.3 Å². The van der Waals surface area contributed by atoms with Crippen LogP contribution in [0.25, 0.3) is 0 Å². The van der Waals surface area contributed by atoms with Crippen molar-refractivity contribution in [2.24, 2.45) is 17.8 Å². The van der Waals surface area contributed by atoms with Crippen LogP contribution in [0.2, 0.25) is 0 Å². The van der Waals surface area contributed by atoms with Crippen molar-refractivity contribution < 1.29 is 27.8 Å². The molecule has 3 atom stereocenters. The minimum absolute atomic E-state index is 0.0114. The first-order valence-corrected chi connectivity index (χ1v) is 23.8. The highest BCUT2D eigenvalue weighted by Gasteiger charge is 2.40. The van der Waals surface area contributed by atoms with Gasteiger partial charge in [-0.3, -0.25) is 4.79 Å². The Morgan fingerprint density at radius 3 is 1.57 bits per heavy atom. The second kappa shape index (κ2) is 27.4. The molecular formula is C55H70F2O4. The van der Waals surface area contributed by atoms with E-state index in [9.17, 15) is 13.6 Å². The molecular weight excluding hydrogens is 763 g/mol. The van der Waals surface area contributed by atoms with E-state index in [1.54, 1.807) is 12.1 Å². The van der Waals surface area contributed by atoms with Crippen molar-refractivity contribution in [3.63, 3.8) is 0 Å². The maximum Gasteiger partial charge on any atom is 0.309 e. The number of hydrogen-bond acceptors (Lipinski definition) is 4. The molecule has 4 nitrogen and oxygen atoms in total. The third-order valence-corrected chi connectivity index (χ3v) is 12.1. The number of rotatable bonds is 27. The number of hydrogen-bond donors (Lipinski definition) is 0. The summed E-state index contributed by atoms with van der Waals surface area (Å²) in [5.74, 6) is 13.7. The number of esters is 1. The van der Waals surface area contributed by atoms with E-state index in [1.165, 1.54) is 82.8 Å². The first kappa shape index (κ1) is 47.5. The number of halogens is 2. The van der Waals surface area contributed by atoms with Gasteiger partial charge in [0.1, 0.15) is 0 Å². The van der Waals surface area contributed by atoms with Gasteiger partial charge >= 0.3 is 5.97 Å². The summed E-state index contributed by atoms with van der Waals surface area (Å²) in [5, 5.41) is 0. The van der Waals surface area contributed by atoms with Gasteiger partial charge in [-0.2, -0.15) is 0 Å². The lowest BCUT2D eigenvalue weighted by Gasteiger charge is -2.16. The van der Waals surface area contributed by atoms with Crippen LogP contribution in [0.5, 0.6) is 11.5 Å². The molecule has 2 bridgehead atoms. The minimum atomic E-state index is -0.397. The number of ether oxygens (including phenoxy) is 3. The van der Waals surface area contributed by atoms with Crippen LogP contribution >= 0.6 is 0 Å². The molecule has 0 heterocycles. The van der Waals surface area contributed by atoms with E-state index in [0.29, 0.717) is 42.8 Å². The van der Waals surface area contributed by atoms with Gasteiger partial charge in [0.2, 0.25) is 0 Å². The zero-order chi connectivity index (χ0) is 42.9. The van der Waals surface area contributed by atoms with Crippen LogP contribution < -0.4 is 9.47 Å². The molecule has 5 rings (SSSR count). The van der Waals surface area contributed by atoms with Gasteiger partial charge < -0.3 is 14.2 Å². The van der Waals surface area contributed by atoms with E-state index in [0.717, 1.165) is 87.3 Å². The van der Waals surface area contributed by atoms with Gasteiger partial charge in [-0.15, -0.1) is 0 Å². The standard InChI is InChI=1S/C55H70F2O4/c1-3-5-7-15-19-35-59-53-33-28-44(41-51(53)56)24-23-43-25-30-47(31-26-45-29-34-54(52(57)42-45)60-36-20-16-8-6-4-2)48(38-43)22-18-14-12-10-9-11-13-17-21-37-61-55(58)50-40-46-27-32-49(50)39-46/h25,27-30,32-34,38,41-42,46,49-50H,3-22,35-37,39-40H2,1-2H3. The number of aryl methyl sites for hydroxylation is 1. The van der Waals surface area contributed by atoms with Crippen molar-refractivity contribution >= 4 is 5.97 Å². The molecule has 0 aliphatic heterocycles. The van der Waals surface area contributed by atoms with Gasteiger partial charge in [-0.05, 0) is 117 Å². The lowest BCUT2D eigenvalue weighted by molar-refractivity contribution is -0.149. The highest BCUT2D eigenvalue weighted by atomic mass is 19.1. The monoisotopic (exact) mass is 833 g/mol. The Morgan fingerprint density at radius 1 is 0.557 bits per heavy atom. The number of carbonyl (C=O) groups is 1. The molecule has 3 aromatic carbocycles. The highest BCUT2D eigenvalue weighted by Crippen LogP contribution is 2.44. The molecule has 61 heavy (non-hydrogen) atoms. The fourth-order valence-electron chi connectivity index (χ4n) is 8.44. The fraction of sp³-hybridized carbons (Fsp3) is 0.545.